The molecule has 0 aromatic carbocycles. The second kappa shape index (κ2) is 34.9. The van der Waals surface area contributed by atoms with E-state index < -0.39 is 23.4 Å². The van der Waals surface area contributed by atoms with Crippen LogP contribution in [0.5, 0.6) is 0 Å². The van der Waals surface area contributed by atoms with Gasteiger partial charge in [0.2, 0.25) is 12.6 Å². The maximum absolute atomic E-state index is 13.0. The van der Waals surface area contributed by atoms with Gasteiger partial charge in [-0.3, -0.25) is 28.8 Å². The van der Waals surface area contributed by atoms with Gasteiger partial charge in [-0.25, -0.2) is 0 Å². The van der Waals surface area contributed by atoms with Crippen LogP contribution in [-0.2, 0) is 66.7 Å². The first-order valence-electron chi connectivity index (χ1n) is 60.8. The van der Waals surface area contributed by atoms with Crippen LogP contribution in [-0.4, -0.2) is 82.0 Å². The van der Waals surface area contributed by atoms with E-state index in [2.05, 4.69) is 69.2 Å². The van der Waals surface area contributed by atoms with Gasteiger partial charge in [0.1, 0.15) is 22.4 Å². The van der Waals surface area contributed by atoms with E-state index in [0.717, 1.165) is 252 Å². The average molecular weight is 1950 g/mol. The smallest absolute Gasteiger partial charge is 0.313 e. The molecule has 37 aliphatic carbocycles. The van der Waals surface area contributed by atoms with Crippen LogP contribution in [0.2, 0.25) is 0 Å². The van der Waals surface area contributed by atoms with Crippen molar-refractivity contribution in [3.63, 3.8) is 0 Å². The lowest BCUT2D eigenvalue weighted by molar-refractivity contribution is -0.338. The fraction of sp³-hybridized carbons (Fsp3) is 0.953. The first-order valence-corrected chi connectivity index (χ1v) is 60.8. The van der Waals surface area contributed by atoms with Gasteiger partial charge in [0.15, 0.2) is 0 Å². The molecule has 37 saturated carbocycles. The number of esters is 6. The van der Waals surface area contributed by atoms with E-state index in [4.69, 9.17) is 37.9 Å². The summed E-state index contributed by atoms with van der Waals surface area (Å²) < 4.78 is 49.8. The summed E-state index contributed by atoms with van der Waals surface area (Å²) in [6.07, 6.45) is 50.4. The normalized spacial score (nSPS) is 48.6. The Hall–Kier alpha value is -3.26. The van der Waals surface area contributed by atoms with Gasteiger partial charge in [-0.05, 0) is 608 Å². The van der Waals surface area contributed by atoms with Crippen molar-refractivity contribution < 1.29 is 66.7 Å². The lowest BCUT2D eigenvalue weighted by Crippen LogP contribution is -2.73. The number of fused-ring (bicyclic) bond motifs is 2. The summed E-state index contributed by atoms with van der Waals surface area (Å²) in [5.74, 6) is 35.4. The third-order valence-corrected chi connectivity index (χ3v) is 52.9. The fourth-order valence-electron chi connectivity index (χ4n) is 44.3. The number of hydrogen-bond donors (Lipinski definition) is 0. The van der Waals surface area contributed by atoms with Crippen molar-refractivity contribution in [3.8, 4) is 0 Å². The van der Waals surface area contributed by atoms with Gasteiger partial charge in [0, 0.05) is 22.7 Å². The summed E-state index contributed by atoms with van der Waals surface area (Å²) in [5, 5.41) is 0. The molecule has 18 unspecified atom stereocenters. The molecule has 0 radical (unpaired) electrons. The van der Waals surface area contributed by atoms with E-state index in [1.165, 1.54) is 212 Å². The van der Waals surface area contributed by atoms with Crippen LogP contribution < -0.4 is 0 Å². The lowest BCUT2D eigenvalue weighted by Gasteiger charge is -2.77. The average Bonchev–Trinajstić information content (AvgIpc) is 0.805. The van der Waals surface area contributed by atoms with Gasteiger partial charge in [-0.2, -0.15) is 0 Å². The third kappa shape index (κ3) is 16.0. The molecule has 0 aromatic heterocycles. The minimum absolute atomic E-state index is 0.00370. The zero-order valence-corrected chi connectivity index (χ0v) is 94.0. The van der Waals surface area contributed by atoms with Crippen LogP contribution in [0.3, 0.4) is 0 Å². The molecule has 14 heteroatoms. The molecule has 37 rings (SSSR count). The van der Waals surface area contributed by atoms with Crippen molar-refractivity contribution in [2.24, 2.45) is 274 Å². The van der Waals surface area contributed by atoms with Crippen molar-refractivity contribution in [2.75, 3.05) is 0 Å². The Labute approximate surface area is 854 Å². The molecule has 0 N–H and O–H groups in total. The lowest BCUT2D eigenvalue weighted by atomic mass is 9.28. The minimum Gasteiger partial charge on any atom is -0.459 e. The van der Waals surface area contributed by atoms with Crippen molar-refractivity contribution in [2.45, 2.75) is 484 Å². The zero-order valence-electron chi connectivity index (χ0n) is 94.0. The Kier molecular flexibility index (Phi) is 25.3. The minimum atomic E-state index is -0.420. The summed E-state index contributed by atoms with van der Waals surface area (Å²) in [7, 11) is 0. The zero-order chi connectivity index (χ0) is 100. The highest BCUT2D eigenvalue weighted by molar-refractivity contribution is 5.79. The molecule has 0 spiro atoms. The van der Waals surface area contributed by atoms with Crippen LogP contribution >= 0.6 is 0 Å². The van der Waals surface area contributed by atoms with Gasteiger partial charge in [0.05, 0.1) is 43.7 Å². The van der Waals surface area contributed by atoms with Crippen LogP contribution in [0.15, 0.2) is 0 Å². The standard InChI is InChI=1S/2C23H36O2.2C22H34O3.C21H32O2.C16H28O2/c1-6-21(2,3)20(24)25-22(4,5)23-12-14-8-16-15-7-13(10-18(16)23)11-19(23)17(15)9-14;1-6-21(2,3)20(24)25-22(4,5)23-10-17-14-7-13-8-15(17)19(12-23)16(9-13)18(14)11-23;1-5-21(3,4)20(23)24-12(2)25-22-11-14-7-16-15-6-13(9-18(16)22)10-19(22)17(15)8-14;1-5-21(3,4)20(23)24-12(2)25-22-9-17-14-6-13-7-15(17)19(11-22)16(8-13)18(14)10-22;1-5-20(2,3)19(22)23-21(4)12-9-14-13-6-11-7-16(14)18(21)17(8-11)15(13)10-12;1-6-15(2,3)14(17)18-16(4,5)13-10-11-7-8-12(13)9-11/h2*13-19H,6-12H2,1-5H3;2*12-19H,5-11H2,1-4H3;11-18H,5-10H2,1-4H3;11-13H,6-10H2,1-5H3. The largest absolute Gasteiger partial charge is 0.459 e. The van der Waals surface area contributed by atoms with Gasteiger partial charge < -0.3 is 37.9 Å². The molecule has 14 nitrogen and oxygen atoms in total. The molecule has 42 bridgehead atoms. The summed E-state index contributed by atoms with van der Waals surface area (Å²) in [6, 6.07) is 0. The molecule has 37 fully saturated rings. The van der Waals surface area contributed by atoms with Gasteiger partial charge in [0.25, 0.3) is 0 Å². The molecule has 0 amide bonds. The fourth-order valence-corrected chi connectivity index (χ4v) is 44.3. The van der Waals surface area contributed by atoms with E-state index in [1.54, 1.807) is 0 Å². The van der Waals surface area contributed by atoms with Crippen molar-refractivity contribution >= 4 is 35.8 Å². The Balaban J connectivity index is 0.0000000974. The maximum Gasteiger partial charge on any atom is 0.313 e. The molecule has 0 aromatic rings. The predicted molar refractivity (Wildman–Crippen MR) is 552 cm³/mol. The highest BCUT2D eigenvalue weighted by atomic mass is 16.7. The molecule has 141 heavy (non-hydrogen) atoms. The Morgan fingerprint density at radius 1 is 0.284 bits per heavy atom. The van der Waals surface area contributed by atoms with Gasteiger partial charge in [-0.15, -0.1) is 0 Å². The third-order valence-electron chi connectivity index (χ3n) is 52.9. The number of rotatable bonds is 25. The Bertz CT molecular complexity index is 4530. The quantitative estimate of drug-likeness (QED) is 0.0479. The second-order valence-corrected chi connectivity index (χ2v) is 62.3. The van der Waals surface area contributed by atoms with E-state index in [9.17, 15) is 28.8 Å². The van der Waals surface area contributed by atoms with Crippen molar-refractivity contribution in [1.82, 2.24) is 0 Å². The molecule has 0 aliphatic heterocycles. The molecule has 18 atom stereocenters. The summed E-state index contributed by atoms with van der Waals surface area (Å²) in [5.41, 5.74) is -2.78. The number of carbonyl (C=O) groups is 6. The second-order valence-electron chi connectivity index (χ2n) is 62.3. The van der Waals surface area contributed by atoms with E-state index >= 15 is 0 Å². The van der Waals surface area contributed by atoms with Crippen LogP contribution in [0.1, 0.15) is 437 Å². The monoisotopic (exact) mass is 1950 g/mol. The number of carbonyl (C=O) groups excluding carboxylic acids is 6. The SMILES string of the molecule is CCC(C)(C)C(=O)OC(C)(C)C12CC3C4CC5CC3C(C1)C(C5)C4C2.CCC(C)(C)C(=O)OC(C)(C)C12CC3CC4C5CC(CC41)CC2C5C3.CCC(C)(C)C(=O)OC(C)(C)C1CC2CCC1C2.CCC(C)(C)C(=O)OC(C)OC12CC3C4CC5CC3C(C1)C(C5)C4C2.CCC(C)(C)C(=O)OC(C)OC12CC3CC4C5CC(CC41)CC2C5C3.CCC(C)(C)C(=O)OC1(C)C2CC3C4CC5CC3C1C(C5)C4C2. The van der Waals surface area contributed by atoms with Gasteiger partial charge >= 0.3 is 35.8 Å². The molecule has 37 aliphatic rings. The Morgan fingerprint density at radius 2 is 0.596 bits per heavy atom. The maximum atomic E-state index is 13.0. The van der Waals surface area contributed by atoms with E-state index in [0.29, 0.717) is 17.8 Å². The van der Waals surface area contributed by atoms with E-state index in [1.807, 2.05) is 118 Å². The highest BCUT2D eigenvalue weighted by Crippen LogP contribution is 2.82. The summed E-state index contributed by atoms with van der Waals surface area (Å²) in [4.78, 5) is 75.8. The number of hydrogen-bond acceptors (Lipinski definition) is 14. The van der Waals surface area contributed by atoms with E-state index in [-0.39, 0.29) is 102 Å². The number of ether oxygens (including phenoxy) is 8. The van der Waals surface area contributed by atoms with Crippen LogP contribution in [0.25, 0.3) is 0 Å². The first kappa shape index (κ1) is 102. The topological polar surface area (TPSA) is 176 Å². The highest BCUT2D eigenvalue weighted by Gasteiger charge is 2.79. The van der Waals surface area contributed by atoms with Gasteiger partial charge in [-0.1, -0.05) is 48.0 Å². The summed E-state index contributed by atoms with van der Waals surface area (Å²) >= 11 is 0. The van der Waals surface area contributed by atoms with Crippen LogP contribution in [0.4, 0.5) is 0 Å². The molecule has 0 saturated heterocycles. The molecule has 792 valence electrons. The molecular weight excluding hydrogens is 1750 g/mol. The first-order chi connectivity index (χ1) is 66.1. The molecular formula is C127H200O14. The predicted octanol–water partition coefficient (Wildman–Crippen LogP) is 29.3. The van der Waals surface area contributed by atoms with Crippen molar-refractivity contribution in [3.05, 3.63) is 0 Å². The van der Waals surface area contributed by atoms with Crippen LogP contribution in [0, 0.1) is 274 Å². The van der Waals surface area contributed by atoms with Crippen molar-refractivity contribution in [1.29, 1.82) is 0 Å². The summed E-state index contributed by atoms with van der Waals surface area (Å²) in [6.45, 7) is 55.9. The Morgan fingerprint density at radius 3 is 0.986 bits per heavy atom. The molecule has 0 heterocycles.